The van der Waals surface area contributed by atoms with Gasteiger partial charge in [-0.3, -0.25) is 14.7 Å². The van der Waals surface area contributed by atoms with Gasteiger partial charge in [-0.2, -0.15) is 0 Å². The van der Waals surface area contributed by atoms with Crippen molar-refractivity contribution < 1.29 is 4.79 Å². The van der Waals surface area contributed by atoms with Gasteiger partial charge in [0.15, 0.2) is 0 Å². The highest BCUT2D eigenvalue weighted by Gasteiger charge is 2.33. The third-order valence-electron chi connectivity index (χ3n) is 3.75. The minimum absolute atomic E-state index is 0.0543. The van der Waals surface area contributed by atoms with Gasteiger partial charge < -0.3 is 10.6 Å². The monoisotopic (exact) mass is 247 g/mol. The molecule has 2 fully saturated rings. The van der Waals surface area contributed by atoms with Crippen LogP contribution in [0.5, 0.6) is 0 Å². The van der Waals surface area contributed by atoms with Crippen LogP contribution in [-0.4, -0.2) is 57.9 Å². The SMILES string of the molecule is Nc1cncc(C(=O)N2CCN3CCCC3C2)n1. The summed E-state index contributed by atoms with van der Waals surface area (Å²) < 4.78 is 0. The van der Waals surface area contributed by atoms with Gasteiger partial charge in [0.05, 0.1) is 12.4 Å². The minimum atomic E-state index is -0.0543. The van der Waals surface area contributed by atoms with Crippen LogP contribution in [0.25, 0.3) is 0 Å². The molecule has 0 aliphatic carbocycles. The van der Waals surface area contributed by atoms with E-state index in [4.69, 9.17) is 5.73 Å². The fourth-order valence-corrected chi connectivity index (χ4v) is 2.82. The van der Waals surface area contributed by atoms with Crippen LogP contribution < -0.4 is 5.73 Å². The summed E-state index contributed by atoms with van der Waals surface area (Å²) in [7, 11) is 0. The zero-order chi connectivity index (χ0) is 12.5. The molecule has 0 spiro atoms. The number of piperazine rings is 1. The number of nitrogens with zero attached hydrogens (tertiary/aromatic N) is 4. The number of nitrogen functional groups attached to an aromatic ring is 1. The van der Waals surface area contributed by atoms with Crippen molar-refractivity contribution in [2.24, 2.45) is 0 Å². The molecule has 1 aromatic rings. The maximum absolute atomic E-state index is 12.3. The number of amides is 1. The van der Waals surface area contributed by atoms with Gasteiger partial charge in [0, 0.05) is 25.7 Å². The molecule has 1 aromatic heterocycles. The Kier molecular flexibility index (Phi) is 2.87. The zero-order valence-electron chi connectivity index (χ0n) is 10.2. The van der Waals surface area contributed by atoms with Crippen molar-refractivity contribution in [3.8, 4) is 0 Å². The average molecular weight is 247 g/mol. The first-order valence-corrected chi connectivity index (χ1v) is 6.35. The normalized spacial score (nSPS) is 24.0. The third-order valence-corrected chi connectivity index (χ3v) is 3.75. The highest BCUT2D eigenvalue weighted by atomic mass is 16.2. The summed E-state index contributed by atoms with van der Waals surface area (Å²) in [5, 5.41) is 0. The minimum Gasteiger partial charge on any atom is -0.382 e. The lowest BCUT2D eigenvalue weighted by atomic mass is 10.1. The summed E-state index contributed by atoms with van der Waals surface area (Å²) in [6.07, 6.45) is 5.36. The highest BCUT2D eigenvalue weighted by molar-refractivity contribution is 5.92. The van der Waals surface area contributed by atoms with Gasteiger partial charge in [-0.05, 0) is 19.4 Å². The lowest BCUT2D eigenvalue weighted by Gasteiger charge is -2.37. The summed E-state index contributed by atoms with van der Waals surface area (Å²) in [4.78, 5) is 24.6. The van der Waals surface area contributed by atoms with Gasteiger partial charge in [0.2, 0.25) is 0 Å². The number of hydrogen-bond acceptors (Lipinski definition) is 5. The number of rotatable bonds is 1. The smallest absolute Gasteiger partial charge is 0.274 e. The molecule has 6 nitrogen and oxygen atoms in total. The first-order valence-electron chi connectivity index (χ1n) is 6.35. The summed E-state index contributed by atoms with van der Waals surface area (Å²) in [6.45, 7) is 3.71. The Hall–Kier alpha value is -1.69. The van der Waals surface area contributed by atoms with Crippen LogP contribution in [0.2, 0.25) is 0 Å². The highest BCUT2D eigenvalue weighted by Crippen LogP contribution is 2.22. The van der Waals surface area contributed by atoms with Crippen LogP contribution in [0.3, 0.4) is 0 Å². The molecular formula is C12H17N5O. The van der Waals surface area contributed by atoms with Crippen molar-refractivity contribution in [3.63, 3.8) is 0 Å². The maximum atomic E-state index is 12.3. The molecule has 1 unspecified atom stereocenters. The molecule has 1 amide bonds. The summed E-state index contributed by atoms with van der Waals surface area (Å²) in [5.41, 5.74) is 5.91. The van der Waals surface area contributed by atoms with E-state index in [2.05, 4.69) is 14.9 Å². The molecule has 6 heteroatoms. The Balaban J connectivity index is 1.73. The van der Waals surface area contributed by atoms with Gasteiger partial charge in [-0.25, -0.2) is 4.98 Å². The number of carbonyl (C=O) groups is 1. The fraction of sp³-hybridized carbons (Fsp3) is 0.583. The molecule has 18 heavy (non-hydrogen) atoms. The van der Waals surface area contributed by atoms with Crippen molar-refractivity contribution in [3.05, 3.63) is 18.1 Å². The first kappa shape index (κ1) is 11.4. The molecule has 0 saturated carbocycles. The van der Waals surface area contributed by atoms with Crippen molar-refractivity contribution >= 4 is 11.7 Å². The van der Waals surface area contributed by atoms with Gasteiger partial charge in [0.1, 0.15) is 11.5 Å². The van der Waals surface area contributed by atoms with Crippen LogP contribution in [0.15, 0.2) is 12.4 Å². The molecule has 96 valence electrons. The van der Waals surface area contributed by atoms with Gasteiger partial charge in [0.25, 0.3) is 5.91 Å². The van der Waals surface area contributed by atoms with Crippen molar-refractivity contribution in [2.75, 3.05) is 31.9 Å². The van der Waals surface area contributed by atoms with Gasteiger partial charge >= 0.3 is 0 Å². The molecule has 0 radical (unpaired) electrons. The predicted molar refractivity (Wildman–Crippen MR) is 66.9 cm³/mol. The second kappa shape index (κ2) is 4.53. The van der Waals surface area contributed by atoms with E-state index in [0.717, 1.165) is 19.6 Å². The molecule has 2 N–H and O–H groups in total. The second-order valence-electron chi connectivity index (χ2n) is 4.91. The van der Waals surface area contributed by atoms with E-state index in [0.29, 0.717) is 17.6 Å². The predicted octanol–water partition coefficient (Wildman–Crippen LogP) is -0.0210. The lowest BCUT2D eigenvalue weighted by molar-refractivity contribution is 0.0565. The molecular weight excluding hydrogens is 230 g/mol. The van der Waals surface area contributed by atoms with E-state index in [1.54, 1.807) is 0 Å². The van der Waals surface area contributed by atoms with Crippen LogP contribution in [0.1, 0.15) is 23.3 Å². The number of hydrogen-bond donors (Lipinski definition) is 1. The molecule has 3 heterocycles. The molecule has 0 aromatic carbocycles. The molecule has 3 rings (SSSR count). The summed E-state index contributed by atoms with van der Waals surface area (Å²) in [5.74, 6) is 0.238. The average Bonchev–Trinajstić information content (AvgIpc) is 2.85. The van der Waals surface area contributed by atoms with Crippen molar-refractivity contribution in [1.29, 1.82) is 0 Å². The zero-order valence-corrected chi connectivity index (χ0v) is 10.2. The number of nitrogens with two attached hydrogens (primary N) is 1. The quantitative estimate of drug-likeness (QED) is 0.754. The van der Waals surface area contributed by atoms with Crippen LogP contribution in [0.4, 0.5) is 5.82 Å². The third kappa shape index (κ3) is 2.03. The van der Waals surface area contributed by atoms with Crippen molar-refractivity contribution in [2.45, 2.75) is 18.9 Å². The van der Waals surface area contributed by atoms with E-state index < -0.39 is 0 Å². The van der Waals surface area contributed by atoms with Gasteiger partial charge in [-0.15, -0.1) is 0 Å². The molecule has 1 atom stereocenters. The van der Waals surface area contributed by atoms with Crippen LogP contribution >= 0.6 is 0 Å². The number of fused-ring (bicyclic) bond motifs is 1. The van der Waals surface area contributed by atoms with E-state index in [9.17, 15) is 4.79 Å². The second-order valence-corrected chi connectivity index (χ2v) is 4.91. The lowest BCUT2D eigenvalue weighted by Crippen LogP contribution is -2.52. The summed E-state index contributed by atoms with van der Waals surface area (Å²) >= 11 is 0. The summed E-state index contributed by atoms with van der Waals surface area (Å²) in [6, 6.07) is 0.525. The number of anilines is 1. The molecule has 0 bridgehead atoms. The van der Waals surface area contributed by atoms with Crippen LogP contribution in [0, 0.1) is 0 Å². The van der Waals surface area contributed by atoms with Crippen LogP contribution in [-0.2, 0) is 0 Å². The van der Waals surface area contributed by atoms with Crippen molar-refractivity contribution in [1.82, 2.24) is 19.8 Å². The largest absolute Gasteiger partial charge is 0.382 e. The van der Waals surface area contributed by atoms with E-state index in [-0.39, 0.29) is 5.91 Å². The number of carbonyl (C=O) groups excluding carboxylic acids is 1. The Morgan fingerprint density at radius 1 is 1.33 bits per heavy atom. The van der Waals surface area contributed by atoms with E-state index >= 15 is 0 Å². The van der Waals surface area contributed by atoms with E-state index in [1.807, 2.05) is 4.90 Å². The molecule has 2 saturated heterocycles. The molecule has 2 aliphatic heterocycles. The van der Waals surface area contributed by atoms with Gasteiger partial charge in [-0.1, -0.05) is 0 Å². The standard InChI is InChI=1S/C12H17N5O/c13-11-7-14-6-10(15-11)12(18)17-5-4-16-3-1-2-9(16)8-17/h6-7,9H,1-5,8H2,(H2,13,15). The van der Waals surface area contributed by atoms with E-state index in [1.165, 1.54) is 31.8 Å². The topological polar surface area (TPSA) is 75.3 Å². The number of aromatic nitrogens is 2. The Labute approximate surface area is 106 Å². The Morgan fingerprint density at radius 2 is 2.22 bits per heavy atom. The maximum Gasteiger partial charge on any atom is 0.274 e. The Bertz CT molecular complexity index is 464. The molecule has 2 aliphatic rings. The Morgan fingerprint density at radius 3 is 3.06 bits per heavy atom. The fourth-order valence-electron chi connectivity index (χ4n) is 2.82. The first-order chi connectivity index (χ1) is 8.74.